The van der Waals surface area contributed by atoms with Crippen LogP contribution in [0, 0.1) is 6.92 Å². The van der Waals surface area contributed by atoms with E-state index >= 15 is 0 Å². The second kappa shape index (κ2) is 10.7. The summed E-state index contributed by atoms with van der Waals surface area (Å²) in [5.74, 6) is 0.730. The number of hydrogen-bond acceptors (Lipinski definition) is 5. The van der Waals surface area contributed by atoms with Gasteiger partial charge in [0.2, 0.25) is 5.88 Å². The van der Waals surface area contributed by atoms with Gasteiger partial charge in [-0.15, -0.1) is 0 Å². The fourth-order valence-corrected chi connectivity index (χ4v) is 4.43. The number of aromatic nitrogens is 1. The fourth-order valence-electron chi connectivity index (χ4n) is 4.43. The average Bonchev–Trinajstić information content (AvgIpc) is 3.50. The van der Waals surface area contributed by atoms with E-state index < -0.39 is 0 Å². The van der Waals surface area contributed by atoms with Crippen molar-refractivity contribution in [3.05, 3.63) is 71.3 Å². The Morgan fingerprint density at radius 2 is 1.88 bits per heavy atom. The van der Waals surface area contributed by atoms with Crippen LogP contribution in [0.2, 0.25) is 0 Å². The molecule has 0 saturated carbocycles. The van der Waals surface area contributed by atoms with Crippen LogP contribution in [-0.4, -0.2) is 48.3 Å². The van der Waals surface area contributed by atoms with Gasteiger partial charge in [0, 0.05) is 37.4 Å². The number of benzene rings is 2. The highest BCUT2D eigenvalue weighted by Crippen LogP contribution is 2.33. The van der Waals surface area contributed by atoms with Gasteiger partial charge in [-0.3, -0.25) is 4.79 Å². The van der Waals surface area contributed by atoms with E-state index in [1.807, 2.05) is 66.4 Å². The van der Waals surface area contributed by atoms with Crippen molar-refractivity contribution in [2.75, 3.05) is 31.1 Å². The van der Waals surface area contributed by atoms with Gasteiger partial charge in [-0.25, -0.2) is 0 Å². The van der Waals surface area contributed by atoms with Gasteiger partial charge in [-0.2, -0.15) is 0 Å². The summed E-state index contributed by atoms with van der Waals surface area (Å²) in [4.78, 5) is 17.7. The molecule has 0 bridgehead atoms. The second-order valence-electron chi connectivity index (χ2n) is 8.54. The maximum Gasteiger partial charge on any atom is 0.254 e. The first-order valence-corrected chi connectivity index (χ1v) is 11.9. The third-order valence-corrected chi connectivity index (χ3v) is 6.21. The summed E-state index contributed by atoms with van der Waals surface area (Å²) in [5, 5.41) is 4.45. The van der Waals surface area contributed by atoms with Crippen LogP contribution >= 0.6 is 0 Å². The molecule has 3 aromatic rings. The molecule has 0 spiro atoms. The first kappa shape index (κ1) is 23.1. The number of hydrogen-bond donors (Lipinski definition) is 0. The lowest BCUT2D eigenvalue weighted by molar-refractivity contribution is 0.0507. The Balaban J connectivity index is 1.73. The smallest absolute Gasteiger partial charge is 0.254 e. The number of amides is 1. The highest BCUT2D eigenvalue weighted by atomic mass is 16.5. The maximum absolute atomic E-state index is 13.7. The molecule has 6 heteroatoms. The molecule has 6 nitrogen and oxygen atoms in total. The van der Waals surface area contributed by atoms with Crippen LogP contribution in [0.25, 0.3) is 11.3 Å². The van der Waals surface area contributed by atoms with Crippen LogP contribution in [0.4, 0.5) is 5.88 Å². The number of anilines is 1. The average molecular weight is 448 g/mol. The molecule has 1 aliphatic rings. The van der Waals surface area contributed by atoms with Crippen molar-refractivity contribution in [2.45, 2.75) is 46.3 Å². The summed E-state index contributed by atoms with van der Waals surface area (Å²) in [6.45, 7) is 9.50. The molecule has 1 saturated heterocycles. The zero-order valence-corrected chi connectivity index (χ0v) is 19.8. The largest absolute Gasteiger partial charge is 0.376 e. The van der Waals surface area contributed by atoms with E-state index in [2.05, 4.69) is 23.9 Å². The molecule has 2 heterocycles. The van der Waals surface area contributed by atoms with Crippen LogP contribution in [0.15, 0.2) is 59.1 Å². The lowest BCUT2D eigenvalue weighted by Gasteiger charge is -2.27. The molecule has 0 aliphatic carbocycles. The third kappa shape index (κ3) is 5.28. The van der Waals surface area contributed by atoms with Gasteiger partial charge in [0.05, 0.1) is 18.2 Å². The van der Waals surface area contributed by atoms with Crippen LogP contribution in [0.1, 0.15) is 48.2 Å². The standard InChI is InChI=1S/C27H33N3O3/c1-4-29(5-2)27-24(25(28-33-27)21-12-7-6-8-13-21)19-30(18-23-15-10-16-32-23)26(31)22-14-9-11-20(3)17-22/h6-9,11-14,17,23H,4-5,10,15-16,18-19H2,1-3H3. The summed E-state index contributed by atoms with van der Waals surface area (Å²) in [6, 6.07) is 17.8. The molecule has 1 aliphatic heterocycles. The SMILES string of the molecule is CCN(CC)c1onc(-c2ccccc2)c1CN(CC1CCCO1)C(=O)c1cccc(C)c1. The number of carbonyl (C=O) groups is 1. The van der Waals surface area contributed by atoms with Gasteiger partial charge in [-0.05, 0) is 45.7 Å². The fraction of sp³-hybridized carbons (Fsp3) is 0.407. The molecular weight excluding hydrogens is 414 g/mol. The summed E-state index contributed by atoms with van der Waals surface area (Å²) in [6.07, 6.45) is 2.05. The van der Waals surface area contributed by atoms with E-state index in [0.29, 0.717) is 18.7 Å². The zero-order chi connectivity index (χ0) is 23.2. The van der Waals surface area contributed by atoms with Gasteiger partial charge in [0.15, 0.2) is 0 Å². The Bertz CT molecular complexity index is 1050. The quantitative estimate of drug-likeness (QED) is 0.444. The van der Waals surface area contributed by atoms with E-state index in [1.54, 1.807) is 0 Å². The Morgan fingerprint density at radius 3 is 2.55 bits per heavy atom. The molecule has 1 aromatic heterocycles. The monoisotopic (exact) mass is 447 g/mol. The maximum atomic E-state index is 13.7. The molecular formula is C27H33N3O3. The Hall–Kier alpha value is -3.12. The third-order valence-electron chi connectivity index (χ3n) is 6.21. The van der Waals surface area contributed by atoms with E-state index in [1.165, 1.54) is 0 Å². The van der Waals surface area contributed by atoms with Crippen molar-refractivity contribution in [2.24, 2.45) is 0 Å². The molecule has 33 heavy (non-hydrogen) atoms. The van der Waals surface area contributed by atoms with E-state index in [9.17, 15) is 4.79 Å². The van der Waals surface area contributed by atoms with Crippen molar-refractivity contribution in [1.29, 1.82) is 0 Å². The molecule has 4 rings (SSSR count). The Morgan fingerprint density at radius 1 is 1.09 bits per heavy atom. The minimum atomic E-state index is -0.0000846. The summed E-state index contributed by atoms with van der Waals surface area (Å²) >= 11 is 0. The van der Waals surface area contributed by atoms with Gasteiger partial charge in [0.25, 0.3) is 5.91 Å². The van der Waals surface area contributed by atoms with Crippen molar-refractivity contribution < 1.29 is 14.1 Å². The minimum Gasteiger partial charge on any atom is -0.376 e. The first-order chi connectivity index (χ1) is 16.1. The molecule has 2 aromatic carbocycles. The van der Waals surface area contributed by atoms with Crippen molar-refractivity contribution >= 4 is 11.8 Å². The van der Waals surface area contributed by atoms with Gasteiger partial charge in [0.1, 0.15) is 5.69 Å². The summed E-state index contributed by atoms with van der Waals surface area (Å²) < 4.78 is 11.8. The first-order valence-electron chi connectivity index (χ1n) is 11.9. The Kier molecular flexibility index (Phi) is 7.45. The predicted octanol–water partition coefficient (Wildman–Crippen LogP) is 5.32. The van der Waals surface area contributed by atoms with Gasteiger partial charge < -0.3 is 19.1 Å². The molecule has 1 atom stereocenters. The van der Waals surface area contributed by atoms with Crippen LogP contribution in [-0.2, 0) is 11.3 Å². The van der Waals surface area contributed by atoms with Gasteiger partial charge >= 0.3 is 0 Å². The normalized spacial score (nSPS) is 15.5. The van der Waals surface area contributed by atoms with Gasteiger partial charge in [-0.1, -0.05) is 53.2 Å². The van der Waals surface area contributed by atoms with E-state index in [0.717, 1.165) is 60.8 Å². The van der Waals surface area contributed by atoms with Crippen molar-refractivity contribution in [3.8, 4) is 11.3 Å². The predicted molar refractivity (Wildman–Crippen MR) is 130 cm³/mol. The van der Waals surface area contributed by atoms with Crippen LogP contribution in [0.5, 0.6) is 0 Å². The molecule has 0 radical (unpaired) electrons. The topological polar surface area (TPSA) is 58.8 Å². The number of aryl methyl sites for hydroxylation is 1. The summed E-state index contributed by atoms with van der Waals surface area (Å²) in [5.41, 5.74) is 4.46. The molecule has 0 N–H and O–H groups in total. The number of nitrogens with zero attached hydrogens (tertiary/aromatic N) is 3. The van der Waals surface area contributed by atoms with Crippen LogP contribution in [0.3, 0.4) is 0 Å². The highest BCUT2D eigenvalue weighted by molar-refractivity contribution is 5.94. The Labute approximate surface area is 196 Å². The van der Waals surface area contributed by atoms with E-state index in [4.69, 9.17) is 9.26 Å². The highest BCUT2D eigenvalue weighted by Gasteiger charge is 2.28. The molecule has 174 valence electrons. The molecule has 1 fully saturated rings. The molecule has 1 amide bonds. The number of rotatable bonds is 9. The lowest BCUT2D eigenvalue weighted by atomic mass is 10.1. The van der Waals surface area contributed by atoms with E-state index in [-0.39, 0.29) is 12.0 Å². The zero-order valence-electron chi connectivity index (χ0n) is 19.8. The second-order valence-corrected chi connectivity index (χ2v) is 8.54. The number of carbonyl (C=O) groups excluding carboxylic acids is 1. The van der Waals surface area contributed by atoms with Crippen molar-refractivity contribution in [1.82, 2.24) is 10.1 Å². The summed E-state index contributed by atoms with van der Waals surface area (Å²) in [7, 11) is 0. The molecule has 1 unspecified atom stereocenters. The van der Waals surface area contributed by atoms with Crippen molar-refractivity contribution in [3.63, 3.8) is 0 Å². The number of ether oxygens (including phenoxy) is 1. The minimum absolute atomic E-state index is 0.0000846. The van der Waals surface area contributed by atoms with Crippen LogP contribution < -0.4 is 4.90 Å². The lowest BCUT2D eigenvalue weighted by Crippen LogP contribution is -2.37.